The molecule has 3 amide bonds. The number of amides is 3. The summed E-state index contributed by atoms with van der Waals surface area (Å²) in [5, 5.41) is 5.91. The summed E-state index contributed by atoms with van der Waals surface area (Å²) in [5.74, 6) is -0.342. The van der Waals surface area contributed by atoms with Gasteiger partial charge in [0, 0.05) is 45.7 Å². The molecule has 2 atom stereocenters. The van der Waals surface area contributed by atoms with E-state index in [0.717, 1.165) is 25.9 Å². The molecule has 0 saturated carbocycles. The minimum Gasteiger partial charge on any atom is -0.355 e. The highest BCUT2D eigenvalue weighted by Crippen LogP contribution is 2.24. The molecule has 2 N–H and O–H groups in total. The number of nitrogens with zero attached hydrogens (tertiary/aromatic N) is 2. The number of piperazine rings is 1. The Labute approximate surface area is 124 Å². The number of carbonyl (C=O) groups excluding carboxylic acids is 3. The molecule has 3 heterocycles. The van der Waals surface area contributed by atoms with Gasteiger partial charge in [-0.3, -0.25) is 14.4 Å². The van der Waals surface area contributed by atoms with Gasteiger partial charge in [0.15, 0.2) is 0 Å². The van der Waals surface area contributed by atoms with Crippen LogP contribution in [-0.4, -0.2) is 72.8 Å². The highest BCUT2D eigenvalue weighted by atomic mass is 16.2. The molecule has 3 aliphatic heterocycles. The van der Waals surface area contributed by atoms with E-state index in [1.54, 1.807) is 4.90 Å². The van der Waals surface area contributed by atoms with Crippen LogP contribution < -0.4 is 10.6 Å². The smallest absolute Gasteiger partial charge is 0.245 e. The Morgan fingerprint density at radius 3 is 2.52 bits per heavy atom. The van der Waals surface area contributed by atoms with E-state index in [2.05, 4.69) is 10.6 Å². The lowest BCUT2D eigenvalue weighted by molar-refractivity contribution is -0.146. The first-order chi connectivity index (χ1) is 10.2. The number of hydrogen-bond acceptors (Lipinski definition) is 4. The maximum atomic E-state index is 12.6. The summed E-state index contributed by atoms with van der Waals surface area (Å²) >= 11 is 0. The number of carbonyl (C=O) groups is 3. The summed E-state index contributed by atoms with van der Waals surface area (Å²) < 4.78 is 0. The Kier molecular flexibility index (Phi) is 4.10. The molecule has 7 heteroatoms. The van der Waals surface area contributed by atoms with Crippen LogP contribution in [0.15, 0.2) is 0 Å². The van der Waals surface area contributed by atoms with Crippen LogP contribution in [-0.2, 0) is 14.4 Å². The predicted molar refractivity (Wildman–Crippen MR) is 75.3 cm³/mol. The van der Waals surface area contributed by atoms with Gasteiger partial charge in [-0.15, -0.1) is 0 Å². The van der Waals surface area contributed by atoms with Gasteiger partial charge in [-0.1, -0.05) is 0 Å². The van der Waals surface area contributed by atoms with Gasteiger partial charge in [-0.2, -0.15) is 0 Å². The summed E-state index contributed by atoms with van der Waals surface area (Å²) in [6.45, 7) is 4.08. The normalized spacial score (nSPS) is 29.6. The van der Waals surface area contributed by atoms with Crippen LogP contribution in [0.5, 0.6) is 0 Å². The third kappa shape index (κ3) is 2.88. The van der Waals surface area contributed by atoms with E-state index in [-0.39, 0.29) is 36.1 Å². The van der Waals surface area contributed by atoms with Crippen LogP contribution in [0, 0.1) is 5.92 Å². The maximum Gasteiger partial charge on any atom is 0.245 e. The van der Waals surface area contributed by atoms with Crippen molar-refractivity contribution in [2.45, 2.75) is 25.3 Å². The molecule has 0 bridgehead atoms. The molecule has 0 aliphatic carbocycles. The molecule has 3 saturated heterocycles. The summed E-state index contributed by atoms with van der Waals surface area (Å²) in [6, 6.07) is -0.327. The first-order valence-corrected chi connectivity index (χ1v) is 7.73. The fourth-order valence-electron chi connectivity index (χ4n) is 3.40. The Morgan fingerprint density at radius 1 is 1.10 bits per heavy atom. The van der Waals surface area contributed by atoms with Crippen molar-refractivity contribution in [2.24, 2.45) is 5.92 Å². The van der Waals surface area contributed by atoms with E-state index < -0.39 is 0 Å². The summed E-state index contributed by atoms with van der Waals surface area (Å²) in [4.78, 5) is 40.0. The molecular weight excluding hydrogens is 272 g/mol. The van der Waals surface area contributed by atoms with E-state index in [9.17, 15) is 14.4 Å². The molecule has 3 fully saturated rings. The quantitative estimate of drug-likeness (QED) is 0.652. The summed E-state index contributed by atoms with van der Waals surface area (Å²) in [6.07, 6.45) is 1.86. The monoisotopic (exact) mass is 294 g/mol. The number of likely N-dealkylation sites (tertiary alicyclic amines) is 1. The maximum absolute atomic E-state index is 12.6. The van der Waals surface area contributed by atoms with Crippen molar-refractivity contribution in [3.05, 3.63) is 0 Å². The fourth-order valence-corrected chi connectivity index (χ4v) is 3.40. The fraction of sp³-hybridized carbons (Fsp3) is 0.786. The Morgan fingerprint density at radius 2 is 1.86 bits per heavy atom. The second-order valence-electron chi connectivity index (χ2n) is 5.97. The topological polar surface area (TPSA) is 81.8 Å². The van der Waals surface area contributed by atoms with Crippen molar-refractivity contribution in [3.8, 4) is 0 Å². The second-order valence-corrected chi connectivity index (χ2v) is 5.97. The van der Waals surface area contributed by atoms with Crippen LogP contribution in [0.4, 0.5) is 0 Å². The van der Waals surface area contributed by atoms with Crippen molar-refractivity contribution in [3.63, 3.8) is 0 Å². The lowest BCUT2D eigenvalue weighted by Gasteiger charge is -2.33. The molecule has 3 rings (SSSR count). The summed E-state index contributed by atoms with van der Waals surface area (Å²) in [5.41, 5.74) is 0. The SMILES string of the molecule is O=C1CC(C(=O)N2CCCC2C(=O)N2CCNCC2)CN1. The van der Waals surface area contributed by atoms with Crippen molar-refractivity contribution < 1.29 is 14.4 Å². The predicted octanol–water partition coefficient (Wildman–Crippen LogP) is -1.45. The van der Waals surface area contributed by atoms with Gasteiger partial charge >= 0.3 is 0 Å². The highest BCUT2D eigenvalue weighted by molar-refractivity contribution is 5.93. The van der Waals surface area contributed by atoms with Crippen LogP contribution in [0.1, 0.15) is 19.3 Å². The number of nitrogens with one attached hydrogen (secondary N) is 2. The molecule has 2 unspecified atom stereocenters. The van der Waals surface area contributed by atoms with Gasteiger partial charge in [0.2, 0.25) is 17.7 Å². The minimum atomic E-state index is -0.327. The Bertz CT molecular complexity index is 448. The average Bonchev–Trinajstić information content (AvgIpc) is 3.15. The van der Waals surface area contributed by atoms with Crippen molar-refractivity contribution >= 4 is 17.7 Å². The standard InChI is InChI=1S/C14H22N4O3/c19-12-8-10(9-16-12)13(20)18-5-1-2-11(18)14(21)17-6-3-15-4-7-17/h10-11,15H,1-9H2,(H,16,19). The Hall–Kier alpha value is -1.63. The third-order valence-electron chi connectivity index (χ3n) is 4.58. The van der Waals surface area contributed by atoms with Crippen molar-refractivity contribution in [1.29, 1.82) is 0 Å². The minimum absolute atomic E-state index is 0.0423. The van der Waals surface area contributed by atoms with Gasteiger partial charge in [0.1, 0.15) is 6.04 Å². The van der Waals surface area contributed by atoms with Gasteiger partial charge in [0.25, 0.3) is 0 Å². The van der Waals surface area contributed by atoms with Crippen LogP contribution in [0.2, 0.25) is 0 Å². The molecule has 116 valence electrons. The lowest BCUT2D eigenvalue weighted by Crippen LogP contribution is -2.54. The molecular formula is C14H22N4O3. The zero-order chi connectivity index (χ0) is 14.8. The summed E-state index contributed by atoms with van der Waals surface area (Å²) in [7, 11) is 0. The van der Waals surface area contributed by atoms with Crippen LogP contribution in [0.25, 0.3) is 0 Å². The highest BCUT2D eigenvalue weighted by Gasteiger charge is 2.40. The lowest BCUT2D eigenvalue weighted by atomic mass is 10.1. The largest absolute Gasteiger partial charge is 0.355 e. The molecule has 3 aliphatic rings. The molecule has 0 aromatic carbocycles. The molecule has 0 aromatic heterocycles. The number of hydrogen-bond donors (Lipinski definition) is 2. The van der Waals surface area contributed by atoms with Crippen molar-refractivity contribution in [2.75, 3.05) is 39.3 Å². The zero-order valence-corrected chi connectivity index (χ0v) is 12.1. The third-order valence-corrected chi connectivity index (χ3v) is 4.58. The molecule has 0 spiro atoms. The molecule has 7 nitrogen and oxygen atoms in total. The van der Waals surface area contributed by atoms with E-state index in [0.29, 0.717) is 26.2 Å². The average molecular weight is 294 g/mol. The second kappa shape index (κ2) is 6.01. The molecule has 21 heavy (non-hydrogen) atoms. The van der Waals surface area contributed by atoms with Gasteiger partial charge < -0.3 is 20.4 Å². The first kappa shape index (κ1) is 14.3. The van der Waals surface area contributed by atoms with Crippen LogP contribution >= 0.6 is 0 Å². The van der Waals surface area contributed by atoms with E-state index in [1.807, 2.05) is 4.90 Å². The van der Waals surface area contributed by atoms with E-state index >= 15 is 0 Å². The van der Waals surface area contributed by atoms with Gasteiger partial charge in [-0.05, 0) is 12.8 Å². The van der Waals surface area contributed by atoms with Gasteiger partial charge in [-0.25, -0.2) is 0 Å². The Balaban J connectivity index is 1.65. The number of rotatable bonds is 2. The van der Waals surface area contributed by atoms with Crippen LogP contribution in [0.3, 0.4) is 0 Å². The van der Waals surface area contributed by atoms with E-state index in [4.69, 9.17) is 0 Å². The molecule has 0 radical (unpaired) electrons. The molecule has 0 aromatic rings. The van der Waals surface area contributed by atoms with E-state index in [1.165, 1.54) is 0 Å². The zero-order valence-electron chi connectivity index (χ0n) is 12.1. The van der Waals surface area contributed by atoms with Crippen molar-refractivity contribution in [1.82, 2.24) is 20.4 Å². The first-order valence-electron chi connectivity index (χ1n) is 7.73. The van der Waals surface area contributed by atoms with Gasteiger partial charge in [0.05, 0.1) is 5.92 Å².